The molecule has 0 spiro atoms. The monoisotopic (exact) mass is 246 g/mol. The molecule has 5 nitrogen and oxygen atoms in total. The number of hydrogen-bond acceptors (Lipinski definition) is 3. The Morgan fingerprint density at radius 1 is 1.29 bits per heavy atom. The zero-order valence-corrected chi connectivity index (χ0v) is 9.35. The molecule has 1 N–H and O–H groups in total. The zero-order valence-electron chi connectivity index (χ0n) is 8.59. The smallest absolute Gasteiger partial charge is 0.211 e. The van der Waals surface area contributed by atoms with Crippen LogP contribution in [0.15, 0.2) is 41.5 Å². The van der Waals surface area contributed by atoms with Crippen LogP contribution in [-0.2, 0) is 0 Å². The summed E-state index contributed by atoms with van der Waals surface area (Å²) in [5, 5.41) is 11.8. The largest absolute Gasteiger partial charge is 0.287 e. The van der Waals surface area contributed by atoms with Crippen LogP contribution in [0.1, 0.15) is 0 Å². The van der Waals surface area contributed by atoms with Crippen LogP contribution in [0.3, 0.4) is 0 Å². The quantitative estimate of drug-likeness (QED) is 0.712. The highest BCUT2D eigenvalue weighted by molar-refractivity contribution is 6.30. The van der Waals surface area contributed by atoms with Crippen LogP contribution in [0.5, 0.6) is 0 Å². The van der Waals surface area contributed by atoms with Crippen LogP contribution >= 0.6 is 11.6 Å². The fourth-order valence-electron chi connectivity index (χ4n) is 1.66. The number of nitrogens with one attached hydrogen (secondary N) is 1. The molecule has 0 amide bonds. The number of aromatic amines is 1. The third-order valence-electron chi connectivity index (χ3n) is 2.44. The Balaban J connectivity index is 2.32. The van der Waals surface area contributed by atoms with Gasteiger partial charge in [0.05, 0.1) is 23.5 Å². The number of H-pyrrole nitrogens is 1. The lowest BCUT2D eigenvalue weighted by Crippen LogP contribution is -2.04. The van der Waals surface area contributed by atoms with E-state index in [4.69, 9.17) is 11.6 Å². The Hall–Kier alpha value is -2.14. The summed E-state index contributed by atoms with van der Waals surface area (Å²) in [6.45, 7) is 0. The molecule has 0 radical (unpaired) electrons. The fraction of sp³-hybridized carbons (Fsp3) is 0. The van der Waals surface area contributed by atoms with Gasteiger partial charge in [0.25, 0.3) is 0 Å². The fourth-order valence-corrected chi connectivity index (χ4v) is 1.85. The van der Waals surface area contributed by atoms with Crippen molar-refractivity contribution in [3.63, 3.8) is 0 Å². The van der Waals surface area contributed by atoms with E-state index in [1.54, 1.807) is 16.8 Å². The van der Waals surface area contributed by atoms with E-state index in [9.17, 15) is 4.79 Å². The van der Waals surface area contributed by atoms with Gasteiger partial charge in [-0.1, -0.05) is 17.7 Å². The molecule has 0 unspecified atom stereocenters. The maximum atomic E-state index is 11.5. The Kier molecular flexibility index (Phi) is 2.19. The van der Waals surface area contributed by atoms with E-state index >= 15 is 0 Å². The van der Waals surface area contributed by atoms with Gasteiger partial charge >= 0.3 is 0 Å². The van der Waals surface area contributed by atoms with Crippen molar-refractivity contribution in [2.24, 2.45) is 0 Å². The molecule has 17 heavy (non-hydrogen) atoms. The summed E-state index contributed by atoms with van der Waals surface area (Å²) < 4.78 is 1.59. The molecule has 0 aliphatic rings. The first-order valence-corrected chi connectivity index (χ1v) is 5.31. The molecule has 3 aromatic rings. The molecule has 84 valence electrons. The summed E-state index contributed by atoms with van der Waals surface area (Å²) >= 11 is 5.92. The van der Waals surface area contributed by atoms with Gasteiger partial charge in [0, 0.05) is 5.02 Å². The van der Waals surface area contributed by atoms with Crippen molar-refractivity contribution >= 4 is 22.6 Å². The normalized spacial score (nSPS) is 10.9. The van der Waals surface area contributed by atoms with Gasteiger partial charge in [-0.05, 0) is 18.2 Å². The zero-order chi connectivity index (χ0) is 11.8. The van der Waals surface area contributed by atoms with Gasteiger partial charge in [0.15, 0.2) is 5.65 Å². The molecule has 0 aliphatic heterocycles. The van der Waals surface area contributed by atoms with E-state index in [0.29, 0.717) is 16.1 Å². The van der Waals surface area contributed by atoms with E-state index in [2.05, 4.69) is 15.3 Å². The molecule has 0 fully saturated rings. The minimum Gasteiger partial charge on any atom is -0.287 e. The van der Waals surface area contributed by atoms with Crippen LogP contribution < -0.4 is 5.43 Å². The van der Waals surface area contributed by atoms with Gasteiger partial charge in [0.2, 0.25) is 5.43 Å². The molecule has 0 atom stereocenters. The van der Waals surface area contributed by atoms with Crippen molar-refractivity contribution in [2.75, 3.05) is 0 Å². The standard InChI is InChI=1S/C11H7ClN4O/c12-7-2-1-3-8(4-7)16-11-9(5-14-16)10(17)6-13-15-11/h1-6H,(H,15,17). The third-order valence-corrected chi connectivity index (χ3v) is 2.67. The number of aromatic nitrogens is 4. The highest BCUT2D eigenvalue weighted by Gasteiger charge is 2.07. The summed E-state index contributed by atoms with van der Waals surface area (Å²) in [5.41, 5.74) is 1.17. The number of fused-ring (bicyclic) bond motifs is 1. The number of rotatable bonds is 1. The van der Waals surface area contributed by atoms with Crippen molar-refractivity contribution in [1.82, 2.24) is 20.0 Å². The number of benzene rings is 1. The second kappa shape index (κ2) is 3.71. The van der Waals surface area contributed by atoms with Crippen LogP contribution in [0.4, 0.5) is 0 Å². The molecule has 1 aromatic carbocycles. The van der Waals surface area contributed by atoms with E-state index in [0.717, 1.165) is 5.69 Å². The van der Waals surface area contributed by atoms with Crippen LogP contribution in [0.2, 0.25) is 5.02 Å². The number of hydrogen-bond donors (Lipinski definition) is 1. The lowest BCUT2D eigenvalue weighted by molar-refractivity contribution is 0.879. The van der Waals surface area contributed by atoms with E-state index in [-0.39, 0.29) is 5.43 Å². The topological polar surface area (TPSA) is 63.6 Å². The summed E-state index contributed by atoms with van der Waals surface area (Å²) in [6, 6.07) is 7.21. The lowest BCUT2D eigenvalue weighted by Gasteiger charge is -2.02. The summed E-state index contributed by atoms with van der Waals surface area (Å²) in [7, 11) is 0. The van der Waals surface area contributed by atoms with E-state index < -0.39 is 0 Å². The van der Waals surface area contributed by atoms with Gasteiger partial charge < -0.3 is 0 Å². The van der Waals surface area contributed by atoms with Crippen LogP contribution in [-0.4, -0.2) is 20.0 Å². The summed E-state index contributed by atoms with van der Waals surface area (Å²) in [6.07, 6.45) is 2.74. The maximum Gasteiger partial charge on any atom is 0.211 e. The van der Waals surface area contributed by atoms with Gasteiger partial charge in [-0.15, -0.1) is 0 Å². The van der Waals surface area contributed by atoms with E-state index in [1.807, 2.05) is 12.1 Å². The molecular weight excluding hydrogens is 240 g/mol. The van der Waals surface area contributed by atoms with Crippen molar-refractivity contribution in [1.29, 1.82) is 0 Å². The molecule has 6 heteroatoms. The molecule has 2 heterocycles. The molecule has 3 rings (SSSR count). The van der Waals surface area contributed by atoms with Gasteiger partial charge in [-0.3, -0.25) is 9.89 Å². The summed E-state index contributed by atoms with van der Waals surface area (Å²) in [5.74, 6) is 0. The van der Waals surface area contributed by atoms with Gasteiger partial charge in [-0.25, -0.2) is 4.68 Å². The first-order valence-electron chi connectivity index (χ1n) is 4.93. The minimum atomic E-state index is -0.160. The Morgan fingerprint density at radius 2 is 2.18 bits per heavy atom. The predicted molar refractivity (Wildman–Crippen MR) is 64.5 cm³/mol. The van der Waals surface area contributed by atoms with Crippen molar-refractivity contribution in [3.05, 3.63) is 51.9 Å². The van der Waals surface area contributed by atoms with Crippen LogP contribution in [0.25, 0.3) is 16.7 Å². The van der Waals surface area contributed by atoms with Gasteiger partial charge in [-0.2, -0.15) is 10.2 Å². The third kappa shape index (κ3) is 1.60. The first-order chi connectivity index (χ1) is 8.25. The van der Waals surface area contributed by atoms with Gasteiger partial charge in [0.1, 0.15) is 0 Å². The Bertz CT molecular complexity index is 746. The van der Waals surface area contributed by atoms with E-state index in [1.165, 1.54) is 12.4 Å². The second-order valence-electron chi connectivity index (χ2n) is 3.53. The van der Waals surface area contributed by atoms with Crippen molar-refractivity contribution in [2.45, 2.75) is 0 Å². The molecule has 0 aliphatic carbocycles. The highest BCUT2D eigenvalue weighted by Crippen LogP contribution is 2.17. The van der Waals surface area contributed by atoms with Crippen molar-refractivity contribution < 1.29 is 0 Å². The molecule has 0 bridgehead atoms. The molecule has 0 saturated carbocycles. The van der Waals surface area contributed by atoms with Crippen molar-refractivity contribution in [3.8, 4) is 5.69 Å². The minimum absolute atomic E-state index is 0.160. The summed E-state index contributed by atoms with van der Waals surface area (Å²) in [4.78, 5) is 11.5. The molecule has 2 aromatic heterocycles. The first kappa shape index (κ1) is 10.0. The number of halogens is 1. The second-order valence-corrected chi connectivity index (χ2v) is 3.97. The Labute approximate surface area is 101 Å². The average Bonchev–Trinajstić information content (AvgIpc) is 2.74. The van der Waals surface area contributed by atoms with Crippen LogP contribution in [0, 0.1) is 0 Å². The molecule has 0 saturated heterocycles. The average molecular weight is 247 g/mol. The predicted octanol–water partition coefficient (Wildman–Crippen LogP) is 1.76. The highest BCUT2D eigenvalue weighted by atomic mass is 35.5. The SMILES string of the molecule is O=c1cn[nH]c2c1cnn2-c1cccc(Cl)c1. The lowest BCUT2D eigenvalue weighted by atomic mass is 10.3. The maximum absolute atomic E-state index is 11.5. The number of nitrogens with zero attached hydrogens (tertiary/aromatic N) is 3. The Morgan fingerprint density at radius 3 is 3.00 bits per heavy atom. The molecular formula is C11H7ClN4O.